The third-order valence-corrected chi connectivity index (χ3v) is 4.59. The van der Waals surface area contributed by atoms with E-state index >= 15 is 0 Å². The minimum atomic E-state index is -0.285. The minimum Gasteiger partial charge on any atom is -0.497 e. The number of urea groups is 1. The fourth-order valence-corrected chi connectivity index (χ4v) is 2.95. The molecule has 2 aromatic carbocycles. The molecule has 0 spiro atoms. The Balaban J connectivity index is 1.48. The van der Waals surface area contributed by atoms with E-state index in [1.807, 2.05) is 56.3 Å². The summed E-state index contributed by atoms with van der Waals surface area (Å²) in [5, 5.41) is 12.0. The van der Waals surface area contributed by atoms with Crippen LogP contribution in [-0.2, 0) is 0 Å². The molecule has 0 atom stereocenters. The second kappa shape index (κ2) is 10.9. The van der Waals surface area contributed by atoms with Crippen molar-refractivity contribution in [3.05, 3.63) is 59.8 Å². The predicted octanol–water partition coefficient (Wildman–Crippen LogP) is 4.09. The lowest BCUT2D eigenvalue weighted by Crippen LogP contribution is -2.33. The average molecular weight is 437 g/mol. The Morgan fingerprint density at radius 2 is 1.62 bits per heavy atom. The largest absolute Gasteiger partial charge is 0.497 e. The zero-order chi connectivity index (χ0) is 22.9. The molecule has 0 bridgehead atoms. The van der Waals surface area contributed by atoms with Crippen LogP contribution in [0.1, 0.15) is 11.3 Å². The lowest BCUT2D eigenvalue weighted by molar-refractivity contribution is 0.252. The summed E-state index contributed by atoms with van der Waals surface area (Å²) in [4.78, 5) is 21.0. The van der Waals surface area contributed by atoms with Gasteiger partial charge in [-0.1, -0.05) is 0 Å². The SMILES string of the molecule is COc1ccc(Nc2cc(C)nc(NCCNC(=O)Nc3ccc(OC)cc3C)n2)cc1. The molecule has 0 saturated heterocycles. The van der Waals surface area contributed by atoms with Gasteiger partial charge in [0.05, 0.1) is 14.2 Å². The fourth-order valence-electron chi connectivity index (χ4n) is 2.95. The summed E-state index contributed by atoms with van der Waals surface area (Å²) in [5.41, 5.74) is 3.36. The molecule has 2 amide bonds. The van der Waals surface area contributed by atoms with Crippen LogP contribution in [0.5, 0.6) is 11.5 Å². The van der Waals surface area contributed by atoms with Gasteiger partial charge in [0.15, 0.2) is 0 Å². The zero-order valence-corrected chi connectivity index (χ0v) is 18.7. The summed E-state index contributed by atoms with van der Waals surface area (Å²) < 4.78 is 10.4. The summed E-state index contributed by atoms with van der Waals surface area (Å²) in [6.45, 7) is 4.68. The number of amides is 2. The van der Waals surface area contributed by atoms with Crippen molar-refractivity contribution >= 4 is 29.2 Å². The average Bonchev–Trinajstić information content (AvgIpc) is 2.78. The number of aryl methyl sites for hydroxylation is 2. The zero-order valence-electron chi connectivity index (χ0n) is 18.7. The fraction of sp³-hybridized carbons (Fsp3) is 0.261. The molecular weight excluding hydrogens is 408 g/mol. The summed E-state index contributed by atoms with van der Waals surface area (Å²) in [5.74, 6) is 2.69. The number of benzene rings is 2. The first-order valence-electron chi connectivity index (χ1n) is 10.2. The number of nitrogens with zero attached hydrogens (tertiary/aromatic N) is 2. The molecule has 32 heavy (non-hydrogen) atoms. The summed E-state index contributed by atoms with van der Waals surface area (Å²) in [7, 11) is 3.24. The lowest BCUT2D eigenvalue weighted by Gasteiger charge is -2.12. The monoisotopic (exact) mass is 436 g/mol. The Kier molecular flexibility index (Phi) is 7.69. The van der Waals surface area contributed by atoms with E-state index in [0.717, 1.165) is 34.1 Å². The van der Waals surface area contributed by atoms with Crippen molar-refractivity contribution in [2.75, 3.05) is 43.3 Å². The van der Waals surface area contributed by atoms with E-state index in [1.54, 1.807) is 20.3 Å². The topological polar surface area (TPSA) is 109 Å². The number of carbonyl (C=O) groups excluding carboxylic acids is 1. The van der Waals surface area contributed by atoms with Crippen molar-refractivity contribution < 1.29 is 14.3 Å². The van der Waals surface area contributed by atoms with Crippen LogP contribution in [0.3, 0.4) is 0 Å². The number of anilines is 4. The van der Waals surface area contributed by atoms with E-state index < -0.39 is 0 Å². The highest BCUT2D eigenvalue weighted by atomic mass is 16.5. The number of ether oxygens (including phenoxy) is 2. The molecule has 0 aliphatic heterocycles. The van der Waals surface area contributed by atoms with E-state index in [0.29, 0.717) is 24.9 Å². The van der Waals surface area contributed by atoms with Gasteiger partial charge in [-0.05, 0) is 61.9 Å². The smallest absolute Gasteiger partial charge is 0.319 e. The highest BCUT2D eigenvalue weighted by Gasteiger charge is 2.06. The van der Waals surface area contributed by atoms with Crippen molar-refractivity contribution in [1.29, 1.82) is 0 Å². The Hall–Kier alpha value is -4.01. The van der Waals surface area contributed by atoms with Crippen LogP contribution in [-0.4, -0.2) is 43.3 Å². The molecule has 0 radical (unpaired) electrons. The summed E-state index contributed by atoms with van der Waals surface area (Å²) in [6.07, 6.45) is 0. The third kappa shape index (κ3) is 6.49. The Morgan fingerprint density at radius 3 is 2.31 bits per heavy atom. The number of nitrogens with one attached hydrogen (secondary N) is 4. The molecule has 1 heterocycles. The van der Waals surface area contributed by atoms with Gasteiger partial charge >= 0.3 is 6.03 Å². The van der Waals surface area contributed by atoms with Gasteiger partial charge in [0.1, 0.15) is 17.3 Å². The van der Waals surface area contributed by atoms with Crippen LogP contribution >= 0.6 is 0 Å². The molecule has 9 heteroatoms. The maximum absolute atomic E-state index is 12.2. The van der Waals surface area contributed by atoms with Crippen molar-refractivity contribution in [2.24, 2.45) is 0 Å². The van der Waals surface area contributed by atoms with E-state index in [2.05, 4.69) is 31.2 Å². The van der Waals surface area contributed by atoms with Gasteiger partial charge < -0.3 is 30.7 Å². The molecule has 0 aliphatic carbocycles. The Bertz CT molecular complexity index is 1060. The quantitative estimate of drug-likeness (QED) is 0.374. The second-order valence-corrected chi connectivity index (χ2v) is 7.06. The summed E-state index contributed by atoms with van der Waals surface area (Å²) in [6, 6.07) is 14.6. The number of hydrogen-bond donors (Lipinski definition) is 4. The van der Waals surface area contributed by atoms with Crippen molar-refractivity contribution in [2.45, 2.75) is 13.8 Å². The number of hydrogen-bond acceptors (Lipinski definition) is 7. The molecule has 9 nitrogen and oxygen atoms in total. The third-order valence-electron chi connectivity index (χ3n) is 4.59. The Morgan fingerprint density at radius 1 is 0.906 bits per heavy atom. The van der Waals surface area contributed by atoms with Crippen molar-refractivity contribution in [3.8, 4) is 11.5 Å². The van der Waals surface area contributed by atoms with Crippen LogP contribution in [0.4, 0.5) is 27.9 Å². The normalized spacial score (nSPS) is 10.2. The first kappa shape index (κ1) is 22.7. The molecule has 0 saturated carbocycles. The molecule has 4 N–H and O–H groups in total. The molecule has 3 aromatic rings. The lowest BCUT2D eigenvalue weighted by atomic mass is 10.2. The summed E-state index contributed by atoms with van der Waals surface area (Å²) >= 11 is 0. The number of rotatable bonds is 9. The maximum Gasteiger partial charge on any atom is 0.319 e. The van der Waals surface area contributed by atoms with Crippen LogP contribution < -0.4 is 30.7 Å². The van der Waals surface area contributed by atoms with E-state index in [4.69, 9.17) is 9.47 Å². The van der Waals surface area contributed by atoms with Gasteiger partial charge in [0.25, 0.3) is 0 Å². The maximum atomic E-state index is 12.2. The van der Waals surface area contributed by atoms with Gasteiger partial charge in [0.2, 0.25) is 5.95 Å². The molecule has 0 unspecified atom stereocenters. The van der Waals surface area contributed by atoms with Crippen molar-refractivity contribution in [1.82, 2.24) is 15.3 Å². The molecule has 0 aliphatic rings. The first-order chi connectivity index (χ1) is 15.5. The number of carbonyl (C=O) groups is 1. The van der Waals surface area contributed by atoms with Gasteiger partial charge in [-0.3, -0.25) is 0 Å². The molecule has 0 fully saturated rings. The second-order valence-electron chi connectivity index (χ2n) is 7.06. The van der Waals surface area contributed by atoms with Gasteiger partial charge in [-0.25, -0.2) is 9.78 Å². The van der Waals surface area contributed by atoms with E-state index in [1.165, 1.54) is 0 Å². The molecule has 1 aromatic heterocycles. The van der Waals surface area contributed by atoms with Crippen LogP contribution in [0.2, 0.25) is 0 Å². The Labute approximate surface area is 187 Å². The molecule has 3 rings (SSSR count). The van der Waals surface area contributed by atoms with Crippen LogP contribution in [0.15, 0.2) is 48.5 Å². The highest BCUT2D eigenvalue weighted by molar-refractivity contribution is 5.90. The molecule has 168 valence electrons. The predicted molar refractivity (Wildman–Crippen MR) is 126 cm³/mol. The van der Waals surface area contributed by atoms with Gasteiger partial charge in [0, 0.05) is 36.2 Å². The van der Waals surface area contributed by atoms with E-state index in [9.17, 15) is 4.79 Å². The minimum absolute atomic E-state index is 0.285. The van der Waals surface area contributed by atoms with E-state index in [-0.39, 0.29) is 6.03 Å². The van der Waals surface area contributed by atoms with Crippen molar-refractivity contribution in [3.63, 3.8) is 0 Å². The number of methoxy groups -OCH3 is 2. The van der Waals surface area contributed by atoms with Crippen LogP contribution in [0.25, 0.3) is 0 Å². The van der Waals surface area contributed by atoms with Gasteiger partial charge in [-0.15, -0.1) is 0 Å². The van der Waals surface area contributed by atoms with Crippen LogP contribution in [0, 0.1) is 13.8 Å². The highest BCUT2D eigenvalue weighted by Crippen LogP contribution is 2.21. The molecular formula is C23H28N6O3. The van der Waals surface area contributed by atoms with Gasteiger partial charge in [-0.2, -0.15) is 4.98 Å². The number of aromatic nitrogens is 2. The first-order valence-corrected chi connectivity index (χ1v) is 10.2. The standard InChI is InChI=1S/C23H28N6O3/c1-15-13-19(32-4)9-10-20(15)28-23(30)25-12-11-24-22-26-16(2)14-21(29-22)27-17-5-7-18(31-3)8-6-17/h5-10,13-14H,11-12H2,1-4H3,(H2,25,28,30)(H2,24,26,27,29).